The van der Waals surface area contributed by atoms with E-state index in [0.717, 1.165) is 6.42 Å². The lowest BCUT2D eigenvalue weighted by Gasteiger charge is -2.11. The Morgan fingerprint density at radius 1 is 1.12 bits per heavy atom. The average molecular weight is 390 g/mol. The predicted octanol–water partition coefficient (Wildman–Crippen LogP) is 1.43. The van der Waals surface area contributed by atoms with Gasteiger partial charge in [0.2, 0.25) is 21.8 Å². The monoisotopic (exact) mass is 389 g/mol. The Bertz CT molecular complexity index is 694. The molecule has 0 heterocycles. The Balaban J connectivity index is 2.31. The SMILES string of the molecule is CCC(C)NC(=O)CCNC(=O)CCNS(=O)(=O)c1ccccc1Cl. The molecule has 0 aliphatic heterocycles. The lowest BCUT2D eigenvalue weighted by atomic mass is 10.2. The Kier molecular flexibility index (Phi) is 8.88. The zero-order valence-corrected chi connectivity index (χ0v) is 15.9. The summed E-state index contributed by atoms with van der Waals surface area (Å²) in [5.74, 6) is -0.465. The van der Waals surface area contributed by atoms with E-state index < -0.39 is 10.0 Å². The lowest BCUT2D eigenvalue weighted by molar-refractivity contribution is -0.122. The molecule has 0 bridgehead atoms. The molecule has 0 fully saturated rings. The zero-order chi connectivity index (χ0) is 18.9. The van der Waals surface area contributed by atoms with Crippen LogP contribution in [0.2, 0.25) is 5.02 Å². The van der Waals surface area contributed by atoms with Crippen LogP contribution in [0.25, 0.3) is 0 Å². The number of hydrogen-bond acceptors (Lipinski definition) is 4. The first-order chi connectivity index (χ1) is 11.8. The van der Waals surface area contributed by atoms with Gasteiger partial charge in [0.15, 0.2) is 0 Å². The molecule has 140 valence electrons. The fourth-order valence-electron chi connectivity index (χ4n) is 1.89. The minimum Gasteiger partial charge on any atom is -0.356 e. The second kappa shape index (κ2) is 10.4. The molecule has 1 atom stereocenters. The molecular weight excluding hydrogens is 366 g/mol. The molecule has 1 aromatic rings. The van der Waals surface area contributed by atoms with Gasteiger partial charge in [-0.1, -0.05) is 30.7 Å². The first-order valence-corrected chi connectivity index (χ1v) is 9.92. The number of nitrogens with one attached hydrogen (secondary N) is 3. The van der Waals surface area contributed by atoms with E-state index in [1.54, 1.807) is 12.1 Å². The summed E-state index contributed by atoms with van der Waals surface area (Å²) in [4.78, 5) is 23.2. The molecule has 25 heavy (non-hydrogen) atoms. The summed E-state index contributed by atoms with van der Waals surface area (Å²) in [5.41, 5.74) is 0. The third-order valence-electron chi connectivity index (χ3n) is 3.46. The van der Waals surface area contributed by atoms with Crippen molar-refractivity contribution in [3.63, 3.8) is 0 Å². The highest BCUT2D eigenvalue weighted by molar-refractivity contribution is 7.89. The molecule has 1 rings (SSSR count). The molecule has 7 nitrogen and oxygen atoms in total. The van der Waals surface area contributed by atoms with Crippen molar-refractivity contribution >= 4 is 33.4 Å². The maximum Gasteiger partial charge on any atom is 0.242 e. The van der Waals surface area contributed by atoms with E-state index >= 15 is 0 Å². The minimum absolute atomic E-state index is 0.0289. The van der Waals surface area contributed by atoms with Crippen LogP contribution in [0.1, 0.15) is 33.1 Å². The Hall–Kier alpha value is -1.64. The molecule has 9 heteroatoms. The van der Waals surface area contributed by atoms with Crippen molar-refractivity contribution in [2.75, 3.05) is 13.1 Å². The van der Waals surface area contributed by atoms with Crippen LogP contribution >= 0.6 is 11.6 Å². The largest absolute Gasteiger partial charge is 0.356 e. The van der Waals surface area contributed by atoms with Crippen molar-refractivity contribution in [1.82, 2.24) is 15.4 Å². The number of amides is 2. The fraction of sp³-hybridized carbons (Fsp3) is 0.500. The van der Waals surface area contributed by atoms with Gasteiger partial charge in [-0.2, -0.15) is 0 Å². The zero-order valence-electron chi connectivity index (χ0n) is 14.3. The van der Waals surface area contributed by atoms with Crippen molar-refractivity contribution in [2.45, 2.75) is 44.0 Å². The van der Waals surface area contributed by atoms with Gasteiger partial charge in [0.25, 0.3) is 0 Å². The van der Waals surface area contributed by atoms with Crippen LogP contribution in [0, 0.1) is 0 Å². The summed E-state index contributed by atoms with van der Waals surface area (Å²) in [5, 5.41) is 5.49. The Morgan fingerprint density at radius 2 is 1.76 bits per heavy atom. The van der Waals surface area contributed by atoms with E-state index in [-0.39, 0.29) is 53.7 Å². The van der Waals surface area contributed by atoms with Crippen molar-refractivity contribution < 1.29 is 18.0 Å². The quantitative estimate of drug-likeness (QED) is 0.563. The summed E-state index contributed by atoms with van der Waals surface area (Å²) in [6.07, 6.45) is 0.988. The van der Waals surface area contributed by atoms with Gasteiger partial charge in [0.1, 0.15) is 4.90 Å². The van der Waals surface area contributed by atoms with Gasteiger partial charge in [-0.05, 0) is 25.5 Å². The lowest BCUT2D eigenvalue weighted by Crippen LogP contribution is -2.36. The van der Waals surface area contributed by atoms with Gasteiger partial charge in [0.05, 0.1) is 5.02 Å². The van der Waals surface area contributed by atoms with E-state index in [9.17, 15) is 18.0 Å². The average Bonchev–Trinajstić information content (AvgIpc) is 2.54. The van der Waals surface area contributed by atoms with Crippen molar-refractivity contribution in [1.29, 1.82) is 0 Å². The molecular formula is C16H24ClN3O4S. The van der Waals surface area contributed by atoms with E-state index in [0.29, 0.717) is 0 Å². The normalized spacial score (nSPS) is 12.4. The molecule has 1 unspecified atom stereocenters. The van der Waals surface area contributed by atoms with Gasteiger partial charge in [-0.25, -0.2) is 13.1 Å². The first-order valence-electron chi connectivity index (χ1n) is 8.06. The number of rotatable bonds is 10. The smallest absolute Gasteiger partial charge is 0.242 e. The number of benzene rings is 1. The highest BCUT2D eigenvalue weighted by atomic mass is 35.5. The molecule has 3 N–H and O–H groups in total. The molecule has 0 aliphatic rings. The molecule has 0 radical (unpaired) electrons. The van der Waals surface area contributed by atoms with Crippen LogP contribution < -0.4 is 15.4 Å². The molecule has 0 saturated heterocycles. The van der Waals surface area contributed by atoms with Gasteiger partial charge >= 0.3 is 0 Å². The van der Waals surface area contributed by atoms with Gasteiger partial charge in [-0.15, -0.1) is 0 Å². The molecule has 0 spiro atoms. The third-order valence-corrected chi connectivity index (χ3v) is 5.43. The highest BCUT2D eigenvalue weighted by Crippen LogP contribution is 2.19. The Labute approximate surface area is 153 Å². The van der Waals surface area contributed by atoms with E-state index in [2.05, 4.69) is 15.4 Å². The predicted molar refractivity (Wildman–Crippen MR) is 96.8 cm³/mol. The van der Waals surface area contributed by atoms with Crippen LogP contribution in [-0.4, -0.2) is 39.4 Å². The highest BCUT2D eigenvalue weighted by Gasteiger charge is 2.17. The first kappa shape index (κ1) is 21.4. The Morgan fingerprint density at radius 3 is 2.40 bits per heavy atom. The topological polar surface area (TPSA) is 104 Å². The summed E-state index contributed by atoms with van der Waals surface area (Å²) in [7, 11) is -3.76. The second-order valence-corrected chi connectivity index (χ2v) is 7.70. The van der Waals surface area contributed by atoms with Gasteiger partial charge in [-0.3, -0.25) is 9.59 Å². The minimum atomic E-state index is -3.76. The van der Waals surface area contributed by atoms with Crippen LogP contribution in [0.15, 0.2) is 29.2 Å². The van der Waals surface area contributed by atoms with Crippen LogP contribution in [-0.2, 0) is 19.6 Å². The molecule has 0 aromatic heterocycles. The second-order valence-electron chi connectivity index (χ2n) is 5.55. The number of hydrogen-bond donors (Lipinski definition) is 3. The van der Waals surface area contributed by atoms with E-state index in [4.69, 9.17) is 11.6 Å². The standard InChI is InChI=1S/C16H24ClN3O4S/c1-3-12(2)20-16(22)8-10-18-15(21)9-11-19-25(23,24)14-7-5-4-6-13(14)17/h4-7,12,19H,3,8-11H2,1-2H3,(H,18,21)(H,20,22). The fourth-order valence-corrected chi connectivity index (χ4v) is 3.44. The maximum absolute atomic E-state index is 12.1. The molecule has 1 aromatic carbocycles. The molecule has 0 saturated carbocycles. The molecule has 0 aliphatic carbocycles. The molecule has 2 amide bonds. The number of halogens is 1. The maximum atomic E-state index is 12.1. The van der Waals surface area contributed by atoms with Crippen molar-refractivity contribution in [2.24, 2.45) is 0 Å². The van der Waals surface area contributed by atoms with Crippen LogP contribution in [0.5, 0.6) is 0 Å². The van der Waals surface area contributed by atoms with Crippen LogP contribution in [0.4, 0.5) is 0 Å². The number of carbonyl (C=O) groups excluding carboxylic acids is 2. The third kappa shape index (κ3) is 7.85. The number of sulfonamides is 1. The van der Waals surface area contributed by atoms with Gasteiger partial charge < -0.3 is 10.6 Å². The van der Waals surface area contributed by atoms with E-state index in [1.807, 2.05) is 13.8 Å². The summed E-state index contributed by atoms with van der Waals surface area (Å²) < 4.78 is 26.5. The van der Waals surface area contributed by atoms with E-state index in [1.165, 1.54) is 12.1 Å². The van der Waals surface area contributed by atoms with Crippen molar-refractivity contribution in [3.05, 3.63) is 29.3 Å². The van der Waals surface area contributed by atoms with Gasteiger partial charge in [0, 0.05) is 32.0 Å². The van der Waals surface area contributed by atoms with Crippen LogP contribution in [0.3, 0.4) is 0 Å². The number of carbonyl (C=O) groups is 2. The summed E-state index contributed by atoms with van der Waals surface area (Å²) in [6, 6.07) is 6.17. The summed E-state index contributed by atoms with van der Waals surface area (Å²) in [6.45, 7) is 4.02. The summed E-state index contributed by atoms with van der Waals surface area (Å²) >= 11 is 5.86. The van der Waals surface area contributed by atoms with Crippen molar-refractivity contribution in [3.8, 4) is 0 Å².